The Hall–Kier alpha value is -3.95. The van der Waals surface area contributed by atoms with Gasteiger partial charge in [-0.15, -0.1) is 0 Å². The van der Waals surface area contributed by atoms with Crippen molar-refractivity contribution in [2.24, 2.45) is 0 Å². The van der Waals surface area contributed by atoms with E-state index < -0.39 is 17.8 Å². The topological polar surface area (TPSA) is 115 Å². The lowest BCUT2D eigenvalue weighted by Crippen LogP contribution is -2.36. The first-order valence-corrected chi connectivity index (χ1v) is 17.2. The third kappa shape index (κ3) is 18.1. The molecule has 0 aliphatic heterocycles. The van der Waals surface area contributed by atoms with Crippen LogP contribution in [0.25, 0.3) is 0 Å². The van der Waals surface area contributed by atoms with Gasteiger partial charge in [0.15, 0.2) is 11.5 Å². The van der Waals surface area contributed by atoms with Crippen LogP contribution in [0, 0.1) is 0 Å². The highest BCUT2D eigenvalue weighted by molar-refractivity contribution is 5.76. The summed E-state index contributed by atoms with van der Waals surface area (Å²) in [6.07, 6.45) is 6.06. The molecule has 0 saturated carbocycles. The van der Waals surface area contributed by atoms with E-state index in [2.05, 4.69) is 24.5 Å². The van der Waals surface area contributed by atoms with Gasteiger partial charge in [-0.25, -0.2) is 9.59 Å². The van der Waals surface area contributed by atoms with Crippen molar-refractivity contribution in [3.05, 3.63) is 59.7 Å². The summed E-state index contributed by atoms with van der Waals surface area (Å²) in [5, 5.41) is 5.73. The third-order valence-electron chi connectivity index (χ3n) is 7.07. The first kappa shape index (κ1) is 39.2. The lowest BCUT2D eigenvalue weighted by molar-refractivity contribution is -0.121. The molecule has 2 aromatic rings. The average Bonchev–Trinajstić information content (AvgIpc) is 3.04. The third-order valence-corrected chi connectivity index (χ3v) is 7.07. The van der Waals surface area contributed by atoms with Crippen molar-refractivity contribution in [2.75, 3.05) is 39.4 Å². The second-order valence-corrected chi connectivity index (χ2v) is 12.6. The van der Waals surface area contributed by atoms with Gasteiger partial charge in [0, 0.05) is 32.6 Å². The summed E-state index contributed by atoms with van der Waals surface area (Å²) in [7, 11) is 0. The molecule has 10 heteroatoms. The molecule has 47 heavy (non-hydrogen) atoms. The summed E-state index contributed by atoms with van der Waals surface area (Å²) in [5.41, 5.74) is 1.37. The zero-order valence-corrected chi connectivity index (χ0v) is 29.2. The van der Waals surface area contributed by atoms with Crippen LogP contribution < -0.4 is 20.1 Å². The Morgan fingerprint density at radius 2 is 1.40 bits per heavy atom. The molecule has 0 heterocycles. The maximum atomic E-state index is 12.9. The summed E-state index contributed by atoms with van der Waals surface area (Å²) in [4.78, 5) is 39.2. The number of alkyl carbamates (subject to hydrolysis) is 1. The number of hydrogen-bond donors (Lipinski definition) is 2. The van der Waals surface area contributed by atoms with Crippen molar-refractivity contribution in [3.63, 3.8) is 0 Å². The number of ether oxygens (including phenoxy) is 4. The monoisotopic (exact) mass is 655 g/mol. The number of carbonyl (C=O) groups is 3. The Kier molecular flexibility index (Phi) is 18.8. The van der Waals surface area contributed by atoms with E-state index in [9.17, 15) is 14.4 Å². The fraction of sp³-hybridized carbons (Fsp3) is 0.595. The molecule has 2 N–H and O–H groups in total. The van der Waals surface area contributed by atoms with Crippen LogP contribution in [-0.4, -0.2) is 68.0 Å². The van der Waals surface area contributed by atoms with Gasteiger partial charge in [0.25, 0.3) is 0 Å². The van der Waals surface area contributed by atoms with Crippen LogP contribution in [0.1, 0.15) is 97.1 Å². The van der Waals surface area contributed by atoms with Gasteiger partial charge in [-0.05, 0) is 82.6 Å². The van der Waals surface area contributed by atoms with Gasteiger partial charge in [0.1, 0.15) is 12.2 Å². The van der Waals surface area contributed by atoms with E-state index in [-0.39, 0.29) is 12.5 Å². The van der Waals surface area contributed by atoms with Crippen LogP contribution in [0.15, 0.2) is 48.5 Å². The molecular weight excluding hydrogens is 598 g/mol. The fourth-order valence-corrected chi connectivity index (χ4v) is 4.47. The number of rotatable bonds is 22. The molecule has 3 amide bonds. The van der Waals surface area contributed by atoms with E-state index >= 15 is 0 Å². The number of nitrogens with zero attached hydrogens (tertiary/aromatic N) is 1. The zero-order chi connectivity index (χ0) is 34.3. The van der Waals surface area contributed by atoms with Gasteiger partial charge in [-0.3, -0.25) is 4.79 Å². The van der Waals surface area contributed by atoms with Crippen LogP contribution in [0.5, 0.6) is 11.5 Å². The lowest BCUT2D eigenvalue weighted by Gasteiger charge is -2.23. The Bertz CT molecular complexity index is 1180. The van der Waals surface area contributed by atoms with E-state index in [1.807, 2.05) is 69.3 Å². The molecule has 0 spiro atoms. The number of aryl methyl sites for hydroxylation is 1. The first-order valence-electron chi connectivity index (χ1n) is 17.2. The number of amides is 3. The van der Waals surface area contributed by atoms with E-state index in [0.717, 1.165) is 48.3 Å². The van der Waals surface area contributed by atoms with E-state index in [4.69, 9.17) is 18.9 Å². The number of hydrogen-bond acceptors (Lipinski definition) is 7. The molecule has 0 atom stereocenters. The second-order valence-electron chi connectivity index (χ2n) is 12.6. The Morgan fingerprint density at radius 1 is 0.745 bits per heavy atom. The SMILES string of the molecule is CCCCOc1ccc(CCC(=O)NCCCN(CCCCNC(=O)OC(C)(C)C)C(=O)OCc2ccccc2)cc1OCCCC. The smallest absolute Gasteiger partial charge is 0.410 e. The molecule has 2 rings (SSSR count). The maximum Gasteiger partial charge on any atom is 0.410 e. The molecular formula is C37H57N3O7. The molecule has 0 unspecified atom stereocenters. The molecule has 0 saturated heterocycles. The number of carbonyl (C=O) groups excluding carboxylic acids is 3. The minimum Gasteiger partial charge on any atom is -0.490 e. The molecule has 0 aliphatic rings. The predicted molar refractivity (Wildman–Crippen MR) is 185 cm³/mol. The number of unbranched alkanes of at least 4 members (excludes halogenated alkanes) is 3. The summed E-state index contributed by atoms with van der Waals surface area (Å²) < 4.78 is 22.8. The van der Waals surface area contributed by atoms with Crippen molar-refractivity contribution >= 4 is 18.1 Å². The fourth-order valence-electron chi connectivity index (χ4n) is 4.47. The summed E-state index contributed by atoms with van der Waals surface area (Å²) >= 11 is 0. The van der Waals surface area contributed by atoms with Crippen molar-refractivity contribution in [2.45, 2.75) is 105 Å². The lowest BCUT2D eigenvalue weighted by atomic mass is 10.1. The van der Waals surface area contributed by atoms with E-state index in [0.29, 0.717) is 71.5 Å². The zero-order valence-electron chi connectivity index (χ0n) is 29.2. The van der Waals surface area contributed by atoms with Crippen molar-refractivity contribution in [1.29, 1.82) is 0 Å². The van der Waals surface area contributed by atoms with Crippen molar-refractivity contribution in [3.8, 4) is 11.5 Å². The van der Waals surface area contributed by atoms with Gasteiger partial charge in [-0.2, -0.15) is 0 Å². The number of benzene rings is 2. The highest BCUT2D eigenvalue weighted by atomic mass is 16.6. The van der Waals surface area contributed by atoms with Crippen LogP contribution >= 0.6 is 0 Å². The molecule has 0 aromatic heterocycles. The molecule has 0 bridgehead atoms. The maximum absolute atomic E-state index is 12.9. The van der Waals surface area contributed by atoms with Crippen LogP contribution in [0.2, 0.25) is 0 Å². The summed E-state index contributed by atoms with van der Waals surface area (Å²) in [5.74, 6) is 1.43. The Morgan fingerprint density at radius 3 is 2.09 bits per heavy atom. The molecule has 0 aliphatic carbocycles. The molecule has 0 fully saturated rings. The van der Waals surface area contributed by atoms with E-state index in [1.54, 1.807) is 4.90 Å². The summed E-state index contributed by atoms with van der Waals surface area (Å²) in [6, 6.07) is 15.4. The van der Waals surface area contributed by atoms with Crippen molar-refractivity contribution in [1.82, 2.24) is 15.5 Å². The highest BCUT2D eigenvalue weighted by Crippen LogP contribution is 2.29. The first-order chi connectivity index (χ1) is 22.6. The van der Waals surface area contributed by atoms with Gasteiger partial charge in [-0.1, -0.05) is 63.1 Å². The number of nitrogens with one attached hydrogen (secondary N) is 2. The molecule has 262 valence electrons. The van der Waals surface area contributed by atoms with Crippen LogP contribution in [0.4, 0.5) is 9.59 Å². The minimum absolute atomic E-state index is 0.0480. The largest absolute Gasteiger partial charge is 0.490 e. The van der Waals surface area contributed by atoms with Gasteiger partial charge < -0.3 is 34.5 Å². The van der Waals surface area contributed by atoms with E-state index in [1.165, 1.54) is 0 Å². The van der Waals surface area contributed by atoms with Gasteiger partial charge in [0.05, 0.1) is 13.2 Å². The predicted octanol–water partition coefficient (Wildman–Crippen LogP) is 7.43. The summed E-state index contributed by atoms with van der Waals surface area (Å²) in [6.45, 7) is 13.0. The standard InChI is InChI=1S/C37H57N3O7/c1-6-8-26-44-32-20-18-30(28-33(32)45-27-9-7-2)19-21-34(41)38-23-15-25-40(36(43)46-29-31-16-11-10-12-17-31)24-14-13-22-39-35(42)47-37(3,4)5/h10-12,16-18,20,28H,6-9,13-15,19,21-27,29H2,1-5H3,(H,38,41)(H,39,42). The molecule has 0 radical (unpaired) electrons. The highest BCUT2D eigenvalue weighted by Gasteiger charge is 2.17. The van der Waals surface area contributed by atoms with Crippen molar-refractivity contribution < 1.29 is 33.3 Å². The van der Waals surface area contributed by atoms with Crippen LogP contribution in [0.3, 0.4) is 0 Å². The Balaban J connectivity index is 1.82. The van der Waals surface area contributed by atoms with Gasteiger partial charge in [0.2, 0.25) is 5.91 Å². The second kappa shape index (κ2) is 22.6. The quantitative estimate of drug-likeness (QED) is 0.127. The Labute approximate surface area is 281 Å². The van der Waals surface area contributed by atoms with Crippen LogP contribution in [-0.2, 0) is 27.3 Å². The van der Waals surface area contributed by atoms with Gasteiger partial charge >= 0.3 is 12.2 Å². The average molecular weight is 656 g/mol. The normalized spacial score (nSPS) is 11.0. The molecule has 2 aromatic carbocycles. The molecule has 10 nitrogen and oxygen atoms in total. The minimum atomic E-state index is -0.556.